The van der Waals surface area contributed by atoms with Crippen LogP contribution in [-0.2, 0) is 0 Å². The highest BCUT2D eigenvalue weighted by Gasteiger charge is 2.37. The van der Waals surface area contributed by atoms with Gasteiger partial charge in [-0.25, -0.2) is 9.18 Å². The molecule has 1 heterocycles. The lowest BCUT2D eigenvalue weighted by atomic mass is 9.77. The molecular formula is C16H21FN2O2. The summed E-state index contributed by atoms with van der Waals surface area (Å²) in [5, 5.41) is 9.33. The van der Waals surface area contributed by atoms with Gasteiger partial charge in [0.2, 0.25) is 0 Å². The zero-order chi connectivity index (χ0) is 15.0. The van der Waals surface area contributed by atoms with Crippen LogP contribution in [0.1, 0.15) is 48.9 Å². The number of hydrogen-bond acceptors (Lipinski definition) is 3. The second-order valence-electron chi connectivity index (χ2n) is 6.35. The first kappa shape index (κ1) is 14.2. The van der Waals surface area contributed by atoms with Gasteiger partial charge in [0.15, 0.2) is 0 Å². The Hall–Kier alpha value is -1.78. The number of carboxylic acid groups (broad SMARTS) is 1. The van der Waals surface area contributed by atoms with E-state index in [1.807, 2.05) is 4.90 Å². The molecular weight excluding hydrogens is 271 g/mol. The smallest absolute Gasteiger partial charge is 0.340 e. The van der Waals surface area contributed by atoms with Gasteiger partial charge in [-0.15, -0.1) is 0 Å². The van der Waals surface area contributed by atoms with Crippen molar-refractivity contribution < 1.29 is 14.3 Å². The van der Waals surface area contributed by atoms with E-state index in [2.05, 4.69) is 0 Å². The Balaban J connectivity index is 1.85. The molecule has 3 N–H and O–H groups in total. The summed E-state index contributed by atoms with van der Waals surface area (Å²) in [6.07, 6.45) is 7.37. The first-order valence-corrected chi connectivity index (χ1v) is 7.59. The second kappa shape index (κ2) is 5.20. The molecule has 114 valence electrons. The highest BCUT2D eigenvalue weighted by molar-refractivity contribution is 6.00. The molecule has 0 atom stereocenters. The maximum atomic E-state index is 13.5. The Bertz CT molecular complexity index is 558. The monoisotopic (exact) mass is 292 g/mol. The number of aromatic carboxylic acids is 1. The number of nitrogen functional groups attached to an aromatic ring is 1. The Labute approximate surface area is 123 Å². The number of carboxylic acids is 1. The van der Waals surface area contributed by atoms with Crippen molar-refractivity contribution in [1.29, 1.82) is 0 Å². The molecule has 0 aromatic heterocycles. The molecule has 1 spiro atoms. The molecule has 1 aromatic carbocycles. The van der Waals surface area contributed by atoms with Gasteiger partial charge >= 0.3 is 5.97 Å². The van der Waals surface area contributed by atoms with Crippen LogP contribution < -0.4 is 10.6 Å². The molecule has 1 aromatic rings. The lowest BCUT2D eigenvalue weighted by Gasteiger charge is -2.41. The molecule has 0 amide bonds. The van der Waals surface area contributed by atoms with Crippen molar-refractivity contribution in [3.8, 4) is 0 Å². The van der Waals surface area contributed by atoms with Gasteiger partial charge < -0.3 is 15.7 Å². The van der Waals surface area contributed by atoms with Crippen molar-refractivity contribution in [2.45, 2.75) is 38.5 Å². The van der Waals surface area contributed by atoms with E-state index in [1.165, 1.54) is 31.7 Å². The van der Waals surface area contributed by atoms with Crippen molar-refractivity contribution in [1.82, 2.24) is 0 Å². The molecule has 0 bridgehead atoms. The van der Waals surface area contributed by atoms with Gasteiger partial charge in [0.05, 0.1) is 11.4 Å². The number of rotatable bonds is 2. The molecule has 2 aliphatic rings. The molecule has 1 saturated heterocycles. The highest BCUT2D eigenvalue weighted by atomic mass is 19.1. The molecule has 21 heavy (non-hydrogen) atoms. The van der Waals surface area contributed by atoms with Crippen LogP contribution in [0.5, 0.6) is 0 Å². The summed E-state index contributed by atoms with van der Waals surface area (Å²) in [6, 6.07) is 2.80. The van der Waals surface area contributed by atoms with Gasteiger partial charge in [0, 0.05) is 13.1 Å². The van der Waals surface area contributed by atoms with Crippen molar-refractivity contribution in [2.75, 3.05) is 23.7 Å². The van der Waals surface area contributed by atoms with E-state index in [9.17, 15) is 14.3 Å². The zero-order valence-corrected chi connectivity index (χ0v) is 12.1. The van der Waals surface area contributed by atoms with E-state index in [4.69, 9.17) is 5.73 Å². The summed E-state index contributed by atoms with van der Waals surface area (Å²) in [7, 11) is 0. The number of benzene rings is 1. The van der Waals surface area contributed by atoms with E-state index in [-0.39, 0.29) is 11.3 Å². The average molecular weight is 292 g/mol. The highest BCUT2D eigenvalue weighted by Crippen LogP contribution is 2.47. The summed E-state index contributed by atoms with van der Waals surface area (Å²) in [5.41, 5.74) is 6.28. The Kier molecular flexibility index (Phi) is 3.51. The minimum atomic E-state index is -1.16. The minimum Gasteiger partial charge on any atom is -0.478 e. The second-order valence-corrected chi connectivity index (χ2v) is 6.35. The molecule has 1 aliphatic heterocycles. The van der Waals surface area contributed by atoms with Gasteiger partial charge in [-0.2, -0.15) is 0 Å². The zero-order valence-electron chi connectivity index (χ0n) is 12.1. The van der Waals surface area contributed by atoms with Crippen molar-refractivity contribution in [2.24, 2.45) is 5.41 Å². The van der Waals surface area contributed by atoms with Crippen LogP contribution in [0, 0.1) is 11.2 Å². The Morgan fingerprint density at radius 1 is 1.19 bits per heavy atom. The van der Waals surface area contributed by atoms with E-state index in [0.717, 1.165) is 25.9 Å². The van der Waals surface area contributed by atoms with Crippen LogP contribution >= 0.6 is 0 Å². The van der Waals surface area contributed by atoms with Crippen LogP contribution in [0.25, 0.3) is 0 Å². The first-order valence-electron chi connectivity index (χ1n) is 7.59. The normalized spacial score (nSPS) is 20.9. The molecule has 0 unspecified atom stereocenters. The molecule has 5 heteroatoms. The van der Waals surface area contributed by atoms with E-state index in [0.29, 0.717) is 11.1 Å². The molecule has 2 fully saturated rings. The molecule has 1 saturated carbocycles. The van der Waals surface area contributed by atoms with E-state index >= 15 is 0 Å². The number of nitrogens with zero attached hydrogens (tertiary/aromatic N) is 1. The number of anilines is 2. The number of piperidine rings is 1. The predicted octanol–water partition coefficient (Wildman–Crippen LogP) is 3.27. The maximum Gasteiger partial charge on any atom is 0.340 e. The summed E-state index contributed by atoms with van der Waals surface area (Å²) in [4.78, 5) is 13.5. The fourth-order valence-corrected chi connectivity index (χ4v) is 3.92. The average Bonchev–Trinajstić information content (AvgIpc) is 2.91. The summed E-state index contributed by atoms with van der Waals surface area (Å²) in [6.45, 7) is 1.65. The summed E-state index contributed by atoms with van der Waals surface area (Å²) in [5.74, 6) is -1.83. The third-order valence-electron chi connectivity index (χ3n) is 5.21. The van der Waals surface area contributed by atoms with Crippen molar-refractivity contribution in [3.05, 3.63) is 23.5 Å². The number of hydrogen-bond donors (Lipinski definition) is 2. The van der Waals surface area contributed by atoms with E-state index in [1.54, 1.807) is 6.07 Å². The molecule has 3 rings (SSSR count). The van der Waals surface area contributed by atoms with Gasteiger partial charge in [0.25, 0.3) is 0 Å². The van der Waals surface area contributed by atoms with Crippen molar-refractivity contribution in [3.63, 3.8) is 0 Å². The van der Waals surface area contributed by atoms with Crippen LogP contribution in [0.4, 0.5) is 15.8 Å². The maximum absolute atomic E-state index is 13.5. The van der Waals surface area contributed by atoms with Gasteiger partial charge in [0.1, 0.15) is 11.4 Å². The van der Waals surface area contributed by atoms with Crippen LogP contribution in [-0.4, -0.2) is 24.2 Å². The van der Waals surface area contributed by atoms with Crippen molar-refractivity contribution >= 4 is 17.3 Å². The van der Waals surface area contributed by atoms with Crippen LogP contribution in [0.2, 0.25) is 0 Å². The van der Waals surface area contributed by atoms with E-state index < -0.39 is 11.8 Å². The van der Waals surface area contributed by atoms with Gasteiger partial charge in [-0.05, 0) is 43.2 Å². The molecule has 0 radical (unpaired) electrons. The Morgan fingerprint density at radius 2 is 1.81 bits per heavy atom. The van der Waals surface area contributed by atoms with Gasteiger partial charge in [-0.3, -0.25) is 0 Å². The number of carbonyl (C=O) groups is 1. The first-order chi connectivity index (χ1) is 10.0. The lowest BCUT2D eigenvalue weighted by Crippen LogP contribution is -2.39. The lowest BCUT2D eigenvalue weighted by molar-refractivity contribution is 0.0698. The number of halogens is 1. The topological polar surface area (TPSA) is 66.6 Å². The SMILES string of the molecule is Nc1c(F)ccc(N2CCC3(CCCC3)CC2)c1C(=O)O. The van der Waals surface area contributed by atoms with Crippen LogP contribution in [0.3, 0.4) is 0 Å². The standard InChI is InChI=1S/C16H21FN2O2/c17-11-3-4-12(13(14(11)18)15(20)21)19-9-7-16(8-10-19)5-1-2-6-16/h3-4H,1-2,5-10,18H2,(H,20,21). The third kappa shape index (κ3) is 2.45. The van der Waals surface area contributed by atoms with Gasteiger partial charge in [-0.1, -0.05) is 12.8 Å². The summed E-state index contributed by atoms with van der Waals surface area (Å²) < 4.78 is 13.5. The molecule has 4 nitrogen and oxygen atoms in total. The quantitative estimate of drug-likeness (QED) is 0.821. The minimum absolute atomic E-state index is 0.0997. The van der Waals surface area contributed by atoms with Crippen LogP contribution in [0.15, 0.2) is 12.1 Å². The fraction of sp³-hybridized carbons (Fsp3) is 0.562. The third-order valence-corrected chi connectivity index (χ3v) is 5.21. The molecule has 1 aliphatic carbocycles. The summed E-state index contributed by atoms with van der Waals surface area (Å²) >= 11 is 0. The number of nitrogens with two attached hydrogens (primary N) is 1. The largest absolute Gasteiger partial charge is 0.478 e. The fourth-order valence-electron chi connectivity index (χ4n) is 3.92. The predicted molar refractivity (Wildman–Crippen MR) is 80.1 cm³/mol. The Morgan fingerprint density at radius 3 is 2.38 bits per heavy atom.